The number of hydrogen-bond donors (Lipinski definition) is 1. The number of sulfonamides is 1. The van der Waals surface area contributed by atoms with E-state index in [2.05, 4.69) is 17.3 Å². The van der Waals surface area contributed by atoms with Crippen molar-refractivity contribution in [1.29, 1.82) is 0 Å². The van der Waals surface area contributed by atoms with Crippen LogP contribution in [0.15, 0.2) is 10.3 Å². The Morgan fingerprint density at radius 1 is 1.52 bits per heavy atom. The van der Waals surface area contributed by atoms with E-state index in [0.29, 0.717) is 23.2 Å². The van der Waals surface area contributed by atoms with Crippen molar-refractivity contribution in [2.24, 2.45) is 5.92 Å². The number of thiophene rings is 1. The zero-order chi connectivity index (χ0) is 15.6. The summed E-state index contributed by atoms with van der Waals surface area (Å²) >= 11 is 1.38. The minimum Gasteiger partial charge on any atom is -0.315 e. The van der Waals surface area contributed by atoms with E-state index < -0.39 is 10.0 Å². The van der Waals surface area contributed by atoms with Gasteiger partial charge in [-0.05, 0) is 51.5 Å². The summed E-state index contributed by atoms with van der Waals surface area (Å²) in [6.07, 6.45) is 1.07. The first-order chi connectivity index (χ1) is 9.84. The van der Waals surface area contributed by atoms with Crippen LogP contribution in [0.3, 0.4) is 0 Å². The largest absolute Gasteiger partial charge is 0.315 e. The van der Waals surface area contributed by atoms with Crippen LogP contribution in [0.2, 0.25) is 0 Å². The summed E-state index contributed by atoms with van der Waals surface area (Å²) in [4.78, 5) is 3.34. The Morgan fingerprint density at radius 3 is 2.81 bits per heavy atom. The van der Waals surface area contributed by atoms with Crippen molar-refractivity contribution in [2.75, 3.05) is 40.8 Å². The molecule has 0 saturated carbocycles. The van der Waals surface area contributed by atoms with Gasteiger partial charge in [0.1, 0.15) is 4.21 Å². The molecule has 0 bridgehead atoms. The van der Waals surface area contributed by atoms with E-state index in [9.17, 15) is 8.42 Å². The van der Waals surface area contributed by atoms with Gasteiger partial charge in [0.05, 0.1) is 0 Å². The molecule has 0 radical (unpaired) electrons. The third kappa shape index (κ3) is 3.84. The van der Waals surface area contributed by atoms with Gasteiger partial charge in [0.25, 0.3) is 10.0 Å². The van der Waals surface area contributed by atoms with Crippen molar-refractivity contribution in [3.63, 3.8) is 0 Å². The maximum Gasteiger partial charge on any atom is 0.252 e. The van der Waals surface area contributed by atoms with E-state index in [1.54, 1.807) is 13.1 Å². The molecule has 1 saturated heterocycles. The Hall–Kier alpha value is -0.470. The van der Waals surface area contributed by atoms with Crippen LogP contribution in [0.25, 0.3) is 0 Å². The predicted molar refractivity (Wildman–Crippen MR) is 87.2 cm³/mol. The standard InChI is InChI=1S/C14H25N3O2S2/c1-11-7-14(20-13(11)8-15-2)21(18,19)17(4)10-12-5-6-16(3)9-12/h7,12,15H,5-6,8-10H2,1-4H3. The highest BCUT2D eigenvalue weighted by Crippen LogP contribution is 2.29. The van der Waals surface area contributed by atoms with Crippen LogP contribution in [0.4, 0.5) is 0 Å². The Balaban J connectivity index is 2.11. The van der Waals surface area contributed by atoms with Gasteiger partial charge in [-0.15, -0.1) is 11.3 Å². The molecule has 0 aliphatic carbocycles. The second kappa shape index (κ2) is 6.75. The van der Waals surface area contributed by atoms with Crippen LogP contribution in [-0.4, -0.2) is 58.4 Å². The van der Waals surface area contributed by atoms with Gasteiger partial charge in [-0.2, -0.15) is 4.31 Å². The Morgan fingerprint density at radius 2 is 2.24 bits per heavy atom. The lowest BCUT2D eigenvalue weighted by Crippen LogP contribution is -2.32. The second-order valence-corrected chi connectivity index (χ2v) is 9.31. The second-order valence-electron chi connectivity index (χ2n) is 5.90. The van der Waals surface area contributed by atoms with Crippen molar-refractivity contribution < 1.29 is 8.42 Å². The quantitative estimate of drug-likeness (QED) is 0.855. The molecule has 120 valence electrons. The number of likely N-dealkylation sites (tertiary alicyclic amines) is 1. The van der Waals surface area contributed by atoms with Crippen molar-refractivity contribution in [2.45, 2.75) is 24.1 Å². The lowest BCUT2D eigenvalue weighted by molar-refractivity contribution is 0.357. The third-order valence-corrected chi connectivity index (χ3v) is 7.51. The van der Waals surface area contributed by atoms with Crippen LogP contribution < -0.4 is 5.32 Å². The normalized spacial score (nSPS) is 20.5. The molecule has 1 fully saturated rings. The van der Waals surface area contributed by atoms with Gasteiger partial charge in [0.15, 0.2) is 0 Å². The summed E-state index contributed by atoms with van der Waals surface area (Å²) < 4.78 is 27.3. The molecule has 1 aliphatic rings. The van der Waals surface area contributed by atoms with Crippen molar-refractivity contribution in [3.8, 4) is 0 Å². The maximum atomic E-state index is 12.7. The van der Waals surface area contributed by atoms with Crippen molar-refractivity contribution in [3.05, 3.63) is 16.5 Å². The molecule has 1 unspecified atom stereocenters. The van der Waals surface area contributed by atoms with Gasteiger partial charge in [0, 0.05) is 31.6 Å². The summed E-state index contributed by atoms with van der Waals surface area (Å²) in [5.74, 6) is 0.438. The van der Waals surface area contributed by atoms with Crippen LogP contribution >= 0.6 is 11.3 Å². The monoisotopic (exact) mass is 331 g/mol. The summed E-state index contributed by atoms with van der Waals surface area (Å²) in [7, 11) is 2.29. The van der Waals surface area contributed by atoms with E-state index in [0.717, 1.165) is 30.0 Å². The van der Waals surface area contributed by atoms with E-state index in [1.807, 2.05) is 14.0 Å². The molecule has 1 aliphatic heterocycles. The first-order valence-corrected chi connectivity index (χ1v) is 9.49. The Bertz CT molecular complexity index is 583. The SMILES string of the molecule is CNCc1sc(S(=O)(=O)N(C)CC2CCN(C)C2)cc1C. The first-order valence-electron chi connectivity index (χ1n) is 7.23. The molecular formula is C14H25N3O2S2. The smallest absolute Gasteiger partial charge is 0.252 e. The highest BCUT2D eigenvalue weighted by Gasteiger charge is 2.28. The number of nitrogens with zero attached hydrogens (tertiary/aromatic N) is 2. The number of rotatable bonds is 6. The fourth-order valence-electron chi connectivity index (χ4n) is 2.74. The zero-order valence-electron chi connectivity index (χ0n) is 13.2. The summed E-state index contributed by atoms with van der Waals surface area (Å²) in [6, 6.07) is 1.80. The summed E-state index contributed by atoms with van der Waals surface area (Å²) in [6.45, 7) is 5.32. The van der Waals surface area contributed by atoms with Gasteiger partial charge < -0.3 is 10.2 Å². The lowest BCUT2D eigenvalue weighted by atomic mass is 10.1. The highest BCUT2D eigenvalue weighted by molar-refractivity contribution is 7.91. The number of hydrogen-bond acceptors (Lipinski definition) is 5. The van der Waals surface area contributed by atoms with Crippen LogP contribution in [0, 0.1) is 12.8 Å². The molecule has 1 aromatic rings. The predicted octanol–water partition coefficient (Wildman–Crippen LogP) is 1.35. The average molecular weight is 332 g/mol. The number of aryl methyl sites for hydroxylation is 1. The maximum absolute atomic E-state index is 12.7. The summed E-state index contributed by atoms with van der Waals surface area (Å²) in [5, 5.41) is 3.08. The van der Waals surface area contributed by atoms with E-state index >= 15 is 0 Å². The molecule has 21 heavy (non-hydrogen) atoms. The minimum absolute atomic E-state index is 0.438. The van der Waals surface area contributed by atoms with Crippen LogP contribution in [0.5, 0.6) is 0 Å². The third-order valence-electron chi connectivity index (χ3n) is 4.00. The van der Waals surface area contributed by atoms with Gasteiger partial charge in [-0.1, -0.05) is 0 Å². The van der Waals surface area contributed by atoms with Crippen molar-refractivity contribution in [1.82, 2.24) is 14.5 Å². The van der Waals surface area contributed by atoms with Crippen LogP contribution in [0.1, 0.15) is 16.9 Å². The molecule has 1 N–H and O–H groups in total. The van der Waals surface area contributed by atoms with E-state index in [1.165, 1.54) is 15.6 Å². The molecule has 2 rings (SSSR count). The zero-order valence-corrected chi connectivity index (χ0v) is 14.9. The molecule has 0 amide bonds. The Labute approximate surface area is 132 Å². The molecule has 7 heteroatoms. The Kier molecular flexibility index (Phi) is 5.43. The molecule has 0 aromatic carbocycles. The topological polar surface area (TPSA) is 52.7 Å². The van der Waals surface area contributed by atoms with Gasteiger partial charge in [-0.25, -0.2) is 8.42 Å². The lowest BCUT2D eigenvalue weighted by Gasteiger charge is -2.20. The molecular weight excluding hydrogens is 306 g/mol. The first kappa shape index (κ1) is 16.9. The van der Waals surface area contributed by atoms with Crippen molar-refractivity contribution >= 4 is 21.4 Å². The fraction of sp³-hybridized carbons (Fsp3) is 0.714. The fourth-order valence-corrected chi connectivity index (χ4v) is 5.80. The van der Waals surface area contributed by atoms with Crippen LogP contribution in [-0.2, 0) is 16.6 Å². The minimum atomic E-state index is -3.36. The number of nitrogens with one attached hydrogen (secondary N) is 1. The van der Waals surface area contributed by atoms with Gasteiger partial charge >= 0.3 is 0 Å². The summed E-state index contributed by atoms with van der Waals surface area (Å²) in [5.41, 5.74) is 1.04. The molecule has 5 nitrogen and oxygen atoms in total. The molecule has 1 aromatic heterocycles. The molecule has 2 heterocycles. The molecule has 1 atom stereocenters. The van der Waals surface area contributed by atoms with Gasteiger partial charge in [0.2, 0.25) is 0 Å². The van der Waals surface area contributed by atoms with E-state index in [-0.39, 0.29) is 0 Å². The average Bonchev–Trinajstić information content (AvgIpc) is 2.97. The highest BCUT2D eigenvalue weighted by atomic mass is 32.2. The van der Waals surface area contributed by atoms with Gasteiger partial charge in [-0.3, -0.25) is 0 Å². The molecule has 0 spiro atoms. The van der Waals surface area contributed by atoms with E-state index in [4.69, 9.17) is 0 Å².